The normalized spacial score (nSPS) is 10.1. The van der Waals surface area contributed by atoms with Crippen LogP contribution in [0.4, 0.5) is 0 Å². The highest BCUT2D eigenvalue weighted by Gasteiger charge is 2.02. The van der Waals surface area contributed by atoms with E-state index < -0.39 is 0 Å². The van der Waals surface area contributed by atoms with Crippen molar-refractivity contribution in [3.05, 3.63) is 60.2 Å². The van der Waals surface area contributed by atoms with Crippen LogP contribution in [0.1, 0.15) is 18.9 Å². The van der Waals surface area contributed by atoms with E-state index in [1.165, 1.54) is 0 Å². The molecule has 0 aliphatic heterocycles. The van der Waals surface area contributed by atoms with Crippen molar-refractivity contribution >= 4 is 6.41 Å². The van der Waals surface area contributed by atoms with Crippen LogP contribution in [0.3, 0.4) is 0 Å². The average molecular weight is 269 g/mol. The van der Waals surface area contributed by atoms with Crippen molar-refractivity contribution in [1.29, 1.82) is 0 Å². The second kappa shape index (κ2) is 7.34. The van der Waals surface area contributed by atoms with E-state index in [2.05, 4.69) is 6.92 Å². The number of nitrogens with zero attached hydrogens (tertiary/aromatic N) is 1. The molecule has 0 N–H and O–H groups in total. The summed E-state index contributed by atoms with van der Waals surface area (Å²) in [6.07, 6.45) is 1.87. The summed E-state index contributed by atoms with van der Waals surface area (Å²) in [4.78, 5) is 12.7. The molecule has 0 atom stereocenters. The maximum absolute atomic E-state index is 10.9. The summed E-state index contributed by atoms with van der Waals surface area (Å²) in [6.45, 7) is 3.49. The summed E-state index contributed by atoms with van der Waals surface area (Å²) in [7, 11) is 0. The first-order chi connectivity index (χ1) is 9.81. The van der Waals surface area contributed by atoms with Gasteiger partial charge in [0.25, 0.3) is 0 Å². The summed E-state index contributed by atoms with van der Waals surface area (Å²) >= 11 is 0. The lowest BCUT2D eigenvalue weighted by atomic mass is 10.2. The fourth-order valence-corrected chi connectivity index (χ4v) is 1.98. The molecular weight excluding hydrogens is 250 g/mol. The SMILES string of the molecule is CCCN(C=O)Cc1ccc(Oc2ccccc2)cc1. The molecule has 1 amide bonds. The zero-order valence-corrected chi connectivity index (χ0v) is 11.7. The second-order valence-electron chi connectivity index (χ2n) is 4.63. The molecule has 0 aliphatic rings. The molecule has 0 aromatic heterocycles. The maximum Gasteiger partial charge on any atom is 0.210 e. The quantitative estimate of drug-likeness (QED) is 0.715. The molecule has 2 aromatic rings. The minimum Gasteiger partial charge on any atom is -0.457 e. The highest BCUT2D eigenvalue weighted by atomic mass is 16.5. The third kappa shape index (κ3) is 4.12. The van der Waals surface area contributed by atoms with Gasteiger partial charge in [0.15, 0.2) is 0 Å². The Balaban J connectivity index is 1.97. The maximum atomic E-state index is 10.9. The molecule has 3 heteroatoms. The zero-order valence-electron chi connectivity index (χ0n) is 11.7. The van der Waals surface area contributed by atoms with Gasteiger partial charge in [-0.25, -0.2) is 0 Å². The number of benzene rings is 2. The number of carbonyl (C=O) groups excluding carboxylic acids is 1. The Morgan fingerprint density at radius 2 is 1.65 bits per heavy atom. The molecule has 2 rings (SSSR count). The summed E-state index contributed by atoms with van der Waals surface area (Å²) in [5, 5.41) is 0. The number of hydrogen-bond donors (Lipinski definition) is 0. The van der Waals surface area contributed by atoms with E-state index in [-0.39, 0.29) is 0 Å². The number of ether oxygens (including phenoxy) is 1. The van der Waals surface area contributed by atoms with Crippen molar-refractivity contribution in [1.82, 2.24) is 4.90 Å². The van der Waals surface area contributed by atoms with Crippen molar-refractivity contribution in [2.75, 3.05) is 6.54 Å². The van der Waals surface area contributed by atoms with Gasteiger partial charge in [0.05, 0.1) is 0 Å². The molecule has 0 spiro atoms. The third-order valence-corrected chi connectivity index (χ3v) is 2.95. The van der Waals surface area contributed by atoms with Gasteiger partial charge in [-0.05, 0) is 36.2 Å². The molecule has 20 heavy (non-hydrogen) atoms. The van der Waals surface area contributed by atoms with E-state index in [0.29, 0.717) is 6.54 Å². The monoisotopic (exact) mass is 269 g/mol. The fourth-order valence-electron chi connectivity index (χ4n) is 1.98. The number of rotatable bonds is 7. The van der Waals surface area contributed by atoms with Gasteiger partial charge in [0.2, 0.25) is 6.41 Å². The molecular formula is C17H19NO2. The highest BCUT2D eigenvalue weighted by Crippen LogP contribution is 2.21. The molecule has 0 fully saturated rings. The van der Waals surface area contributed by atoms with Gasteiger partial charge >= 0.3 is 0 Å². The first-order valence-corrected chi connectivity index (χ1v) is 6.83. The topological polar surface area (TPSA) is 29.5 Å². The average Bonchev–Trinajstić information content (AvgIpc) is 2.50. The number of carbonyl (C=O) groups is 1. The summed E-state index contributed by atoms with van der Waals surface area (Å²) in [6, 6.07) is 17.5. The van der Waals surface area contributed by atoms with Crippen LogP contribution in [0.15, 0.2) is 54.6 Å². The Morgan fingerprint density at radius 3 is 2.25 bits per heavy atom. The largest absolute Gasteiger partial charge is 0.457 e. The van der Waals surface area contributed by atoms with Gasteiger partial charge in [-0.2, -0.15) is 0 Å². The van der Waals surface area contributed by atoms with E-state index in [4.69, 9.17) is 4.74 Å². The van der Waals surface area contributed by atoms with Crippen LogP contribution in [0, 0.1) is 0 Å². The van der Waals surface area contributed by atoms with Gasteiger partial charge in [-0.3, -0.25) is 4.79 Å². The Bertz CT molecular complexity index is 522. The molecule has 104 valence electrons. The van der Waals surface area contributed by atoms with Crippen molar-refractivity contribution in [3.8, 4) is 11.5 Å². The summed E-state index contributed by atoms with van der Waals surface area (Å²) < 4.78 is 5.73. The smallest absolute Gasteiger partial charge is 0.210 e. The predicted octanol–water partition coefficient (Wildman–Crippen LogP) is 3.85. The third-order valence-electron chi connectivity index (χ3n) is 2.95. The van der Waals surface area contributed by atoms with E-state index in [1.807, 2.05) is 54.6 Å². The Morgan fingerprint density at radius 1 is 1.00 bits per heavy atom. The van der Waals surface area contributed by atoms with E-state index in [1.54, 1.807) is 4.90 Å². The Kier molecular flexibility index (Phi) is 5.18. The summed E-state index contributed by atoms with van der Waals surface area (Å²) in [5.74, 6) is 1.62. The number of amides is 1. The highest BCUT2D eigenvalue weighted by molar-refractivity contribution is 5.47. The molecule has 0 saturated heterocycles. The zero-order chi connectivity index (χ0) is 14.2. The fraction of sp³-hybridized carbons (Fsp3) is 0.235. The minimum atomic E-state index is 0.642. The molecule has 0 aliphatic carbocycles. The van der Waals surface area contributed by atoms with Gasteiger partial charge in [-0.15, -0.1) is 0 Å². The first kappa shape index (κ1) is 14.1. The van der Waals surface area contributed by atoms with Crippen LogP contribution in [0.2, 0.25) is 0 Å². The Hall–Kier alpha value is -2.29. The van der Waals surface area contributed by atoms with Crippen molar-refractivity contribution in [2.24, 2.45) is 0 Å². The van der Waals surface area contributed by atoms with E-state index in [0.717, 1.165) is 36.4 Å². The van der Waals surface area contributed by atoms with Crippen LogP contribution >= 0.6 is 0 Å². The van der Waals surface area contributed by atoms with Crippen molar-refractivity contribution < 1.29 is 9.53 Å². The van der Waals surface area contributed by atoms with Crippen molar-refractivity contribution in [3.63, 3.8) is 0 Å². The van der Waals surface area contributed by atoms with Gasteiger partial charge in [0, 0.05) is 13.1 Å². The molecule has 3 nitrogen and oxygen atoms in total. The van der Waals surface area contributed by atoms with Gasteiger partial charge in [0.1, 0.15) is 11.5 Å². The molecule has 0 saturated carbocycles. The standard InChI is InChI=1S/C17H19NO2/c1-2-12-18(14-19)13-15-8-10-17(11-9-15)20-16-6-4-3-5-7-16/h3-11,14H,2,12-13H2,1H3. The lowest BCUT2D eigenvalue weighted by molar-refractivity contribution is -0.118. The minimum absolute atomic E-state index is 0.642. The Labute approximate surface area is 119 Å². The van der Waals surface area contributed by atoms with Gasteiger partial charge in [-0.1, -0.05) is 37.3 Å². The lowest BCUT2D eigenvalue weighted by Crippen LogP contribution is -2.21. The predicted molar refractivity (Wildman–Crippen MR) is 79.7 cm³/mol. The summed E-state index contributed by atoms with van der Waals surface area (Å²) in [5.41, 5.74) is 1.10. The second-order valence-corrected chi connectivity index (χ2v) is 4.63. The van der Waals surface area contributed by atoms with Gasteiger partial charge < -0.3 is 9.64 Å². The first-order valence-electron chi connectivity index (χ1n) is 6.83. The van der Waals surface area contributed by atoms with Crippen LogP contribution in [-0.4, -0.2) is 17.9 Å². The van der Waals surface area contributed by atoms with Crippen molar-refractivity contribution in [2.45, 2.75) is 19.9 Å². The molecule has 0 bridgehead atoms. The van der Waals surface area contributed by atoms with Crippen LogP contribution < -0.4 is 4.74 Å². The van der Waals surface area contributed by atoms with Crippen LogP contribution in [0.5, 0.6) is 11.5 Å². The molecule has 2 aromatic carbocycles. The molecule has 0 unspecified atom stereocenters. The number of para-hydroxylation sites is 1. The molecule has 0 radical (unpaired) electrons. The van der Waals surface area contributed by atoms with Crippen LogP contribution in [-0.2, 0) is 11.3 Å². The van der Waals surface area contributed by atoms with E-state index in [9.17, 15) is 4.79 Å². The number of hydrogen-bond acceptors (Lipinski definition) is 2. The van der Waals surface area contributed by atoms with E-state index >= 15 is 0 Å². The lowest BCUT2D eigenvalue weighted by Gasteiger charge is -2.16. The van der Waals surface area contributed by atoms with Crippen LogP contribution in [0.25, 0.3) is 0 Å². The molecule has 0 heterocycles.